The van der Waals surface area contributed by atoms with Gasteiger partial charge < -0.3 is 14.7 Å². The number of fused-ring (bicyclic) bond motifs is 1. The molecule has 2 N–H and O–H groups in total. The fourth-order valence-corrected chi connectivity index (χ4v) is 2.76. The predicted octanol–water partition coefficient (Wildman–Crippen LogP) is 2.46. The molecule has 4 nitrogen and oxygen atoms in total. The van der Waals surface area contributed by atoms with E-state index >= 15 is 0 Å². The summed E-state index contributed by atoms with van der Waals surface area (Å²) in [5, 5.41) is 9.25. The summed E-state index contributed by atoms with van der Waals surface area (Å²) in [6.07, 6.45) is 5.94. The van der Waals surface area contributed by atoms with E-state index in [4.69, 9.17) is 10.2 Å². The average Bonchev–Trinajstić information content (AvgIpc) is 2.98. The molecule has 0 amide bonds. The highest BCUT2D eigenvalue weighted by molar-refractivity contribution is 5.59. The van der Waals surface area contributed by atoms with Crippen molar-refractivity contribution >= 4 is 5.82 Å². The van der Waals surface area contributed by atoms with Crippen LogP contribution in [0.3, 0.4) is 0 Å². The zero-order chi connectivity index (χ0) is 12.5. The second-order valence-corrected chi connectivity index (χ2v) is 4.67. The van der Waals surface area contributed by atoms with Crippen LogP contribution in [0.25, 0.3) is 0 Å². The predicted molar refractivity (Wildman–Crippen MR) is 68.0 cm³/mol. The third kappa shape index (κ3) is 1.60. The average molecular weight is 241 g/mol. The number of hydrogen-bond acceptors (Lipinski definition) is 3. The molecular formula is C14H15N3O. The number of rotatable bonds is 2. The van der Waals surface area contributed by atoms with E-state index in [0.29, 0.717) is 17.9 Å². The van der Waals surface area contributed by atoms with E-state index in [2.05, 4.69) is 6.07 Å². The van der Waals surface area contributed by atoms with Crippen molar-refractivity contribution in [3.05, 3.63) is 41.0 Å². The summed E-state index contributed by atoms with van der Waals surface area (Å²) in [5.41, 5.74) is 9.13. The number of nitrogen functional groups attached to an aromatic ring is 1. The van der Waals surface area contributed by atoms with E-state index in [1.54, 1.807) is 6.26 Å². The first-order valence-electron chi connectivity index (χ1n) is 6.23. The largest absolute Gasteiger partial charge is 0.467 e. The maximum Gasteiger partial charge on any atom is 0.123 e. The molecule has 0 saturated carbocycles. The minimum absolute atomic E-state index is 0.584. The molecule has 0 spiro atoms. The van der Waals surface area contributed by atoms with E-state index in [1.165, 1.54) is 12.1 Å². The molecule has 0 radical (unpaired) electrons. The van der Waals surface area contributed by atoms with Gasteiger partial charge in [0.2, 0.25) is 0 Å². The van der Waals surface area contributed by atoms with Crippen molar-refractivity contribution in [1.29, 1.82) is 5.26 Å². The third-order valence-electron chi connectivity index (χ3n) is 3.62. The first kappa shape index (κ1) is 11.0. The molecule has 0 aromatic carbocycles. The highest BCUT2D eigenvalue weighted by Crippen LogP contribution is 2.31. The van der Waals surface area contributed by atoms with Crippen molar-refractivity contribution in [3.8, 4) is 6.07 Å². The number of nitrogens with zero attached hydrogens (tertiary/aromatic N) is 2. The van der Waals surface area contributed by atoms with Crippen LogP contribution >= 0.6 is 0 Å². The SMILES string of the molecule is N#Cc1c2c(n(Cc3ccco3)c1N)CCCC2. The maximum absolute atomic E-state index is 9.25. The molecule has 92 valence electrons. The number of hydrogen-bond donors (Lipinski definition) is 1. The second-order valence-electron chi connectivity index (χ2n) is 4.67. The number of nitrogens with two attached hydrogens (primary N) is 1. The Morgan fingerprint density at radius 3 is 2.94 bits per heavy atom. The summed E-state index contributed by atoms with van der Waals surface area (Å²) >= 11 is 0. The Bertz CT molecular complexity index is 602. The van der Waals surface area contributed by atoms with Crippen LogP contribution in [0.5, 0.6) is 0 Å². The number of anilines is 1. The van der Waals surface area contributed by atoms with Crippen molar-refractivity contribution in [3.63, 3.8) is 0 Å². The van der Waals surface area contributed by atoms with E-state index in [1.807, 2.05) is 16.7 Å². The Kier molecular flexibility index (Phi) is 2.60. The number of aromatic nitrogens is 1. The van der Waals surface area contributed by atoms with Crippen molar-refractivity contribution in [2.45, 2.75) is 32.2 Å². The van der Waals surface area contributed by atoms with Crippen molar-refractivity contribution in [2.24, 2.45) is 0 Å². The molecule has 3 rings (SSSR count). The Morgan fingerprint density at radius 1 is 1.39 bits per heavy atom. The van der Waals surface area contributed by atoms with E-state index in [-0.39, 0.29) is 0 Å². The fraction of sp³-hybridized carbons (Fsp3) is 0.357. The van der Waals surface area contributed by atoms with Crippen LogP contribution in [0.2, 0.25) is 0 Å². The van der Waals surface area contributed by atoms with Gasteiger partial charge in [0, 0.05) is 5.69 Å². The molecule has 2 aromatic rings. The zero-order valence-corrected chi connectivity index (χ0v) is 10.1. The van der Waals surface area contributed by atoms with Gasteiger partial charge in [0.25, 0.3) is 0 Å². The lowest BCUT2D eigenvalue weighted by Crippen LogP contribution is -2.10. The summed E-state index contributed by atoms with van der Waals surface area (Å²) in [4.78, 5) is 0. The summed E-state index contributed by atoms with van der Waals surface area (Å²) in [5.74, 6) is 1.45. The Hall–Kier alpha value is -2.15. The van der Waals surface area contributed by atoms with Gasteiger partial charge in [-0.05, 0) is 43.4 Å². The smallest absolute Gasteiger partial charge is 0.123 e. The van der Waals surface area contributed by atoms with Gasteiger partial charge in [-0.1, -0.05) is 0 Å². The molecule has 0 fully saturated rings. The normalized spacial score (nSPS) is 14.2. The van der Waals surface area contributed by atoms with Gasteiger partial charge in [-0.15, -0.1) is 0 Å². The first-order valence-corrected chi connectivity index (χ1v) is 6.23. The third-order valence-corrected chi connectivity index (χ3v) is 3.62. The summed E-state index contributed by atoms with van der Waals surface area (Å²) in [6.45, 7) is 0.614. The van der Waals surface area contributed by atoms with Crippen LogP contribution in [0.15, 0.2) is 22.8 Å². The molecule has 4 heteroatoms. The molecule has 2 heterocycles. The minimum Gasteiger partial charge on any atom is -0.467 e. The summed E-state index contributed by atoms with van der Waals surface area (Å²) in [6, 6.07) is 6.05. The Labute approximate surface area is 106 Å². The topological polar surface area (TPSA) is 67.9 Å². The lowest BCUT2D eigenvalue weighted by atomic mass is 9.95. The first-order chi connectivity index (χ1) is 8.81. The van der Waals surface area contributed by atoms with E-state index < -0.39 is 0 Å². The Morgan fingerprint density at radius 2 is 2.22 bits per heavy atom. The van der Waals surface area contributed by atoms with E-state index in [0.717, 1.165) is 30.6 Å². The lowest BCUT2D eigenvalue weighted by molar-refractivity contribution is 0.488. The molecule has 18 heavy (non-hydrogen) atoms. The molecule has 0 saturated heterocycles. The van der Waals surface area contributed by atoms with Crippen molar-refractivity contribution in [2.75, 3.05) is 5.73 Å². The van der Waals surface area contributed by atoms with Gasteiger partial charge in [-0.25, -0.2) is 0 Å². The summed E-state index contributed by atoms with van der Waals surface area (Å²) < 4.78 is 7.40. The van der Waals surface area contributed by atoms with Crippen LogP contribution in [0, 0.1) is 11.3 Å². The van der Waals surface area contributed by atoms with Crippen LogP contribution in [-0.2, 0) is 19.4 Å². The van der Waals surface area contributed by atoms with Crippen LogP contribution in [0.4, 0.5) is 5.82 Å². The quantitative estimate of drug-likeness (QED) is 0.878. The fourth-order valence-electron chi connectivity index (χ4n) is 2.76. The highest BCUT2D eigenvalue weighted by Gasteiger charge is 2.23. The minimum atomic E-state index is 0.584. The molecule has 1 aliphatic rings. The molecule has 1 aliphatic carbocycles. The highest BCUT2D eigenvalue weighted by atomic mass is 16.3. The molecule has 0 aliphatic heterocycles. The van der Waals surface area contributed by atoms with Crippen LogP contribution in [0.1, 0.15) is 35.4 Å². The van der Waals surface area contributed by atoms with E-state index in [9.17, 15) is 5.26 Å². The standard InChI is InChI=1S/C14H15N3O/c15-8-12-11-5-1-2-6-13(11)17(14(12)16)9-10-4-3-7-18-10/h3-4,7H,1-2,5-6,9,16H2. The summed E-state index contributed by atoms with van der Waals surface area (Å²) in [7, 11) is 0. The van der Waals surface area contributed by atoms with Gasteiger partial charge in [0.05, 0.1) is 18.4 Å². The Balaban J connectivity index is 2.08. The van der Waals surface area contributed by atoms with Gasteiger partial charge in [-0.2, -0.15) is 5.26 Å². The molecule has 0 atom stereocenters. The van der Waals surface area contributed by atoms with Crippen molar-refractivity contribution < 1.29 is 4.42 Å². The van der Waals surface area contributed by atoms with Gasteiger partial charge in [-0.3, -0.25) is 0 Å². The monoisotopic (exact) mass is 241 g/mol. The number of nitriles is 1. The molecule has 2 aromatic heterocycles. The van der Waals surface area contributed by atoms with Crippen LogP contribution < -0.4 is 5.73 Å². The van der Waals surface area contributed by atoms with Gasteiger partial charge in [0.15, 0.2) is 0 Å². The van der Waals surface area contributed by atoms with Gasteiger partial charge >= 0.3 is 0 Å². The lowest BCUT2D eigenvalue weighted by Gasteiger charge is -2.15. The van der Waals surface area contributed by atoms with Gasteiger partial charge in [0.1, 0.15) is 17.6 Å². The maximum atomic E-state index is 9.25. The molecular weight excluding hydrogens is 226 g/mol. The van der Waals surface area contributed by atoms with Crippen molar-refractivity contribution in [1.82, 2.24) is 4.57 Å². The zero-order valence-electron chi connectivity index (χ0n) is 10.1. The molecule has 0 unspecified atom stereocenters. The molecule has 0 bridgehead atoms. The number of furan rings is 1. The second kappa shape index (κ2) is 4.26. The van der Waals surface area contributed by atoms with Crippen LogP contribution in [-0.4, -0.2) is 4.57 Å².